The Morgan fingerprint density at radius 1 is 0.966 bits per heavy atom. The third-order valence-electron chi connectivity index (χ3n) is 3.75. The van der Waals surface area contributed by atoms with Crippen LogP contribution in [-0.4, -0.2) is 35.4 Å². The van der Waals surface area contributed by atoms with Crippen molar-refractivity contribution in [1.82, 2.24) is 9.78 Å². The zero-order valence-corrected chi connectivity index (χ0v) is 17.7. The molecule has 0 aliphatic rings. The van der Waals surface area contributed by atoms with Crippen molar-refractivity contribution in [3.05, 3.63) is 71.7 Å². The summed E-state index contributed by atoms with van der Waals surface area (Å²) in [5, 5.41) is 4.55. The monoisotopic (exact) mass is 426 g/mol. The van der Waals surface area contributed by atoms with Gasteiger partial charge < -0.3 is 0 Å². The van der Waals surface area contributed by atoms with E-state index in [2.05, 4.69) is 41.7 Å². The highest BCUT2D eigenvalue weighted by molar-refractivity contribution is 7.98. The molecule has 29 heavy (non-hydrogen) atoms. The molecule has 0 spiro atoms. The Bertz CT molecular complexity index is 816. The fourth-order valence-corrected chi connectivity index (χ4v) is 2.99. The SMILES string of the molecule is CCF.CSCCc1ccc(-c2cc(C)nn2-c2ccc(F)cc2)cc1.FCF. The van der Waals surface area contributed by atoms with E-state index in [1.165, 1.54) is 24.6 Å². The van der Waals surface area contributed by atoms with E-state index in [0.29, 0.717) is 0 Å². The first kappa shape index (κ1) is 24.8. The molecule has 0 saturated heterocycles. The number of benzene rings is 2. The lowest BCUT2D eigenvalue weighted by molar-refractivity contribution is 0.295. The average Bonchev–Trinajstić information content (AvgIpc) is 3.10. The summed E-state index contributed by atoms with van der Waals surface area (Å²) in [5.74, 6) is 0.892. The van der Waals surface area contributed by atoms with Crippen molar-refractivity contribution in [2.45, 2.75) is 20.3 Å². The predicted molar refractivity (Wildman–Crippen MR) is 115 cm³/mol. The van der Waals surface area contributed by atoms with Crippen molar-refractivity contribution in [3.8, 4) is 16.9 Å². The van der Waals surface area contributed by atoms with Crippen LogP contribution in [0, 0.1) is 12.7 Å². The molecule has 7 heteroatoms. The Morgan fingerprint density at radius 2 is 1.52 bits per heavy atom. The van der Waals surface area contributed by atoms with E-state index < -0.39 is 6.93 Å². The van der Waals surface area contributed by atoms with Gasteiger partial charge in [0.2, 0.25) is 6.93 Å². The normalized spacial score (nSPS) is 9.90. The van der Waals surface area contributed by atoms with Crippen LogP contribution in [0.25, 0.3) is 16.9 Å². The molecule has 0 atom stereocenters. The largest absolute Gasteiger partial charge is 0.251 e. The molecule has 2 nitrogen and oxygen atoms in total. The molecule has 0 aliphatic heterocycles. The van der Waals surface area contributed by atoms with Gasteiger partial charge in [-0.2, -0.15) is 16.9 Å². The van der Waals surface area contributed by atoms with Crippen molar-refractivity contribution < 1.29 is 17.6 Å². The fourth-order valence-electron chi connectivity index (χ4n) is 2.55. The zero-order chi connectivity index (χ0) is 21.6. The molecule has 1 heterocycles. The lowest BCUT2D eigenvalue weighted by Gasteiger charge is -2.08. The van der Waals surface area contributed by atoms with Crippen LogP contribution in [0.2, 0.25) is 0 Å². The molecule has 0 aliphatic carbocycles. The highest BCUT2D eigenvalue weighted by Crippen LogP contribution is 2.24. The average molecular weight is 427 g/mol. The maximum atomic E-state index is 13.1. The first-order chi connectivity index (χ1) is 14.0. The molecule has 0 radical (unpaired) electrons. The number of halogens is 4. The highest BCUT2D eigenvalue weighted by Gasteiger charge is 2.10. The van der Waals surface area contributed by atoms with Gasteiger partial charge in [-0.1, -0.05) is 24.3 Å². The van der Waals surface area contributed by atoms with Crippen molar-refractivity contribution in [2.24, 2.45) is 0 Å². The molecule has 0 saturated carbocycles. The quantitative estimate of drug-likeness (QED) is 0.420. The summed E-state index contributed by atoms with van der Waals surface area (Å²) in [5.41, 5.74) is 5.28. The van der Waals surface area contributed by atoms with E-state index in [4.69, 9.17) is 0 Å². The maximum Gasteiger partial charge on any atom is 0.229 e. The minimum atomic E-state index is -1.75. The fraction of sp³-hybridized carbons (Fsp3) is 0.318. The summed E-state index contributed by atoms with van der Waals surface area (Å²) in [4.78, 5) is 0. The summed E-state index contributed by atoms with van der Waals surface area (Å²) < 4.78 is 44.6. The van der Waals surface area contributed by atoms with E-state index in [9.17, 15) is 17.6 Å². The van der Waals surface area contributed by atoms with Crippen LogP contribution in [-0.2, 0) is 6.42 Å². The van der Waals surface area contributed by atoms with Gasteiger partial charge >= 0.3 is 0 Å². The maximum absolute atomic E-state index is 13.1. The molecule has 2 aromatic carbocycles. The second kappa shape index (κ2) is 13.8. The molecular weight excluding hydrogens is 400 g/mol. The first-order valence-corrected chi connectivity index (χ1v) is 10.5. The molecule has 3 aromatic rings. The highest BCUT2D eigenvalue weighted by atomic mass is 32.2. The van der Waals surface area contributed by atoms with Gasteiger partial charge in [-0.25, -0.2) is 17.9 Å². The van der Waals surface area contributed by atoms with E-state index >= 15 is 0 Å². The number of alkyl halides is 3. The number of thioether (sulfide) groups is 1. The Hall–Kier alpha value is -2.28. The second-order valence-electron chi connectivity index (χ2n) is 5.87. The van der Waals surface area contributed by atoms with Gasteiger partial charge in [0.25, 0.3) is 0 Å². The molecule has 0 N–H and O–H groups in total. The molecule has 1 aromatic heterocycles. The lowest BCUT2D eigenvalue weighted by atomic mass is 10.1. The van der Waals surface area contributed by atoms with Gasteiger partial charge in [0.15, 0.2) is 0 Å². The molecule has 0 fully saturated rings. The number of nitrogens with zero attached hydrogens (tertiary/aromatic N) is 2. The Labute approximate surface area is 174 Å². The topological polar surface area (TPSA) is 17.8 Å². The van der Waals surface area contributed by atoms with Gasteiger partial charge in [0.1, 0.15) is 5.82 Å². The number of aromatic nitrogens is 2. The van der Waals surface area contributed by atoms with Crippen molar-refractivity contribution in [1.29, 1.82) is 0 Å². The standard InChI is InChI=1S/C19H19FN2S.C2H5F.CH2F2/c1-14-13-19(16-5-3-15(4-6-16)11-12-23-2)22(21-14)18-9-7-17(20)8-10-18;1-2-3;2-1-3/h3-10,13H,11-12H2,1-2H3;2H2,1H3;1H2. The van der Waals surface area contributed by atoms with Crippen molar-refractivity contribution in [3.63, 3.8) is 0 Å². The summed E-state index contributed by atoms with van der Waals surface area (Å²) in [7, 11) is 0. The lowest BCUT2D eigenvalue weighted by Crippen LogP contribution is -1.99. The van der Waals surface area contributed by atoms with E-state index in [0.717, 1.165) is 34.8 Å². The smallest absolute Gasteiger partial charge is 0.229 e. The van der Waals surface area contributed by atoms with E-state index in [1.54, 1.807) is 12.1 Å². The molecular formula is C22H26F4N2S. The predicted octanol–water partition coefficient (Wildman–Crippen LogP) is 6.75. The summed E-state index contributed by atoms with van der Waals surface area (Å²) in [6.07, 6.45) is 3.20. The molecule has 158 valence electrons. The molecule has 0 unspecified atom stereocenters. The molecule has 3 rings (SSSR count). The van der Waals surface area contributed by atoms with Gasteiger partial charge in [-0.15, -0.1) is 0 Å². The third-order valence-corrected chi connectivity index (χ3v) is 4.36. The van der Waals surface area contributed by atoms with Crippen LogP contribution < -0.4 is 0 Å². The summed E-state index contributed by atoms with van der Waals surface area (Å²) in [6, 6.07) is 17.1. The van der Waals surface area contributed by atoms with Crippen LogP contribution in [0.15, 0.2) is 54.6 Å². The van der Waals surface area contributed by atoms with Crippen LogP contribution in [0.4, 0.5) is 17.6 Å². The Morgan fingerprint density at radius 3 is 2.03 bits per heavy atom. The van der Waals surface area contributed by atoms with E-state index in [1.807, 2.05) is 23.4 Å². The van der Waals surface area contributed by atoms with Gasteiger partial charge in [0, 0.05) is 5.56 Å². The first-order valence-electron chi connectivity index (χ1n) is 9.09. The van der Waals surface area contributed by atoms with Gasteiger partial charge in [-0.3, -0.25) is 4.39 Å². The van der Waals surface area contributed by atoms with Gasteiger partial charge in [0.05, 0.1) is 23.7 Å². The van der Waals surface area contributed by atoms with Crippen molar-refractivity contribution in [2.75, 3.05) is 25.6 Å². The second-order valence-corrected chi connectivity index (χ2v) is 6.85. The minimum absolute atomic E-state index is 0.239. The number of aryl methyl sites for hydroxylation is 2. The van der Waals surface area contributed by atoms with Crippen LogP contribution >= 0.6 is 11.8 Å². The third kappa shape index (κ3) is 8.31. The number of hydrogen-bond donors (Lipinski definition) is 0. The Kier molecular flexibility index (Phi) is 11.8. The molecule has 0 amide bonds. The Balaban J connectivity index is 0.000000626. The summed E-state index contributed by atoms with van der Waals surface area (Å²) in [6.45, 7) is 1.43. The van der Waals surface area contributed by atoms with Crippen molar-refractivity contribution >= 4 is 11.8 Å². The van der Waals surface area contributed by atoms with Gasteiger partial charge in [-0.05, 0) is 68.2 Å². The zero-order valence-electron chi connectivity index (χ0n) is 16.8. The summed E-state index contributed by atoms with van der Waals surface area (Å²) >= 11 is 1.86. The van der Waals surface area contributed by atoms with E-state index in [-0.39, 0.29) is 12.5 Å². The number of hydrogen-bond acceptors (Lipinski definition) is 2. The molecule has 0 bridgehead atoms. The minimum Gasteiger partial charge on any atom is -0.251 e. The van der Waals surface area contributed by atoms with Crippen LogP contribution in [0.1, 0.15) is 18.2 Å². The van der Waals surface area contributed by atoms with Crippen LogP contribution in [0.3, 0.4) is 0 Å². The van der Waals surface area contributed by atoms with Crippen LogP contribution in [0.5, 0.6) is 0 Å². The number of rotatable bonds is 5.